The van der Waals surface area contributed by atoms with Crippen molar-refractivity contribution in [3.8, 4) is 0 Å². The quantitative estimate of drug-likeness (QED) is 0.732. The summed E-state index contributed by atoms with van der Waals surface area (Å²) >= 11 is 0. The van der Waals surface area contributed by atoms with Crippen LogP contribution in [0.2, 0.25) is 0 Å². The molecule has 0 fully saturated rings. The number of nitrogens with zero attached hydrogens (tertiary/aromatic N) is 3. The van der Waals surface area contributed by atoms with Gasteiger partial charge in [-0.1, -0.05) is 12.2 Å². The normalized spacial score (nSPS) is 13.1. The van der Waals surface area contributed by atoms with Gasteiger partial charge in [-0.05, 0) is 14.0 Å². The van der Waals surface area contributed by atoms with Gasteiger partial charge in [0.05, 0.1) is 6.20 Å². The maximum atomic E-state index is 6.06. The van der Waals surface area contributed by atoms with Gasteiger partial charge in [0.1, 0.15) is 0 Å². The minimum absolute atomic E-state index is 0.0167. The monoisotopic (exact) mass is 208 g/mol. The van der Waals surface area contributed by atoms with E-state index in [2.05, 4.69) is 16.6 Å². The first kappa shape index (κ1) is 11.9. The van der Waals surface area contributed by atoms with Crippen molar-refractivity contribution >= 4 is 0 Å². The highest BCUT2D eigenvalue weighted by Gasteiger charge is 2.10. The van der Waals surface area contributed by atoms with Gasteiger partial charge in [0.2, 0.25) is 0 Å². The largest absolute Gasteiger partial charge is 0.323 e. The van der Waals surface area contributed by atoms with Gasteiger partial charge >= 0.3 is 0 Å². The lowest BCUT2D eigenvalue weighted by atomic mass is 10.1. The molecule has 0 bridgehead atoms. The summed E-state index contributed by atoms with van der Waals surface area (Å²) in [4.78, 5) is 2.17. The Bertz CT molecular complexity index is 329. The Kier molecular flexibility index (Phi) is 4.05. The van der Waals surface area contributed by atoms with E-state index in [-0.39, 0.29) is 6.04 Å². The molecule has 0 aliphatic carbocycles. The van der Waals surface area contributed by atoms with Gasteiger partial charge < -0.3 is 10.6 Å². The molecule has 84 valence electrons. The molecule has 1 unspecified atom stereocenters. The maximum Gasteiger partial charge on any atom is 0.0537 e. The number of rotatable bonds is 5. The molecule has 1 rings (SSSR count). The number of aryl methyl sites for hydroxylation is 1. The molecule has 0 radical (unpaired) electrons. The Morgan fingerprint density at radius 1 is 1.73 bits per heavy atom. The van der Waals surface area contributed by atoms with Crippen LogP contribution in [0.15, 0.2) is 24.5 Å². The highest BCUT2D eigenvalue weighted by Crippen LogP contribution is 2.09. The van der Waals surface area contributed by atoms with Crippen molar-refractivity contribution < 1.29 is 0 Å². The molecule has 0 saturated heterocycles. The molecule has 0 aromatic carbocycles. The van der Waals surface area contributed by atoms with Gasteiger partial charge in [-0.3, -0.25) is 4.68 Å². The van der Waals surface area contributed by atoms with Crippen LogP contribution < -0.4 is 5.73 Å². The van der Waals surface area contributed by atoms with Crippen molar-refractivity contribution in [2.45, 2.75) is 13.0 Å². The van der Waals surface area contributed by atoms with Crippen LogP contribution in [0.4, 0.5) is 0 Å². The van der Waals surface area contributed by atoms with Crippen LogP contribution in [0.25, 0.3) is 0 Å². The zero-order valence-electron chi connectivity index (χ0n) is 9.77. The predicted molar refractivity (Wildman–Crippen MR) is 62.4 cm³/mol. The molecule has 2 N–H and O–H groups in total. The first-order valence-corrected chi connectivity index (χ1v) is 5.06. The highest BCUT2D eigenvalue weighted by atomic mass is 15.2. The van der Waals surface area contributed by atoms with Crippen molar-refractivity contribution in [2.24, 2.45) is 12.8 Å². The first-order valence-electron chi connectivity index (χ1n) is 5.06. The lowest BCUT2D eigenvalue weighted by molar-refractivity contribution is 0.337. The minimum atomic E-state index is 0.0167. The van der Waals surface area contributed by atoms with Crippen molar-refractivity contribution in [1.82, 2.24) is 14.7 Å². The fourth-order valence-corrected chi connectivity index (χ4v) is 1.60. The summed E-state index contributed by atoms with van der Waals surface area (Å²) in [6, 6.07) is 0.0167. The van der Waals surface area contributed by atoms with Crippen molar-refractivity contribution in [3.05, 3.63) is 30.1 Å². The van der Waals surface area contributed by atoms with E-state index in [1.807, 2.05) is 33.4 Å². The standard InChI is InChI=1S/C11H20N4/c1-9(2)6-14(3)8-11(12)10-5-13-15(4)7-10/h5,7,11H,1,6,8,12H2,2-4H3. The van der Waals surface area contributed by atoms with Crippen molar-refractivity contribution in [1.29, 1.82) is 0 Å². The molecule has 15 heavy (non-hydrogen) atoms. The number of likely N-dealkylation sites (N-methyl/N-ethyl adjacent to an activating group) is 1. The van der Waals surface area contributed by atoms with Crippen molar-refractivity contribution in [3.63, 3.8) is 0 Å². The van der Waals surface area contributed by atoms with Crippen LogP contribution >= 0.6 is 0 Å². The molecule has 1 heterocycles. The molecule has 4 nitrogen and oxygen atoms in total. The number of nitrogens with two attached hydrogens (primary N) is 1. The molecular weight excluding hydrogens is 188 g/mol. The molecule has 0 aliphatic rings. The van der Waals surface area contributed by atoms with E-state index in [4.69, 9.17) is 5.73 Å². The third-order valence-corrected chi connectivity index (χ3v) is 2.20. The zero-order valence-corrected chi connectivity index (χ0v) is 9.77. The van der Waals surface area contributed by atoms with Gasteiger partial charge in [-0.15, -0.1) is 0 Å². The van der Waals surface area contributed by atoms with E-state index in [1.54, 1.807) is 4.68 Å². The number of aromatic nitrogens is 2. The van der Waals surface area contributed by atoms with E-state index < -0.39 is 0 Å². The summed E-state index contributed by atoms with van der Waals surface area (Å²) in [6.45, 7) is 7.60. The smallest absolute Gasteiger partial charge is 0.0537 e. The summed E-state index contributed by atoms with van der Waals surface area (Å²) in [5, 5.41) is 4.11. The average Bonchev–Trinajstić information content (AvgIpc) is 2.49. The van der Waals surface area contributed by atoms with E-state index >= 15 is 0 Å². The summed E-state index contributed by atoms with van der Waals surface area (Å²) in [7, 11) is 3.94. The molecular formula is C11H20N4. The topological polar surface area (TPSA) is 47.1 Å². The molecule has 1 aromatic rings. The molecule has 0 saturated carbocycles. The first-order chi connectivity index (χ1) is 6.99. The Balaban J connectivity index is 2.48. The van der Waals surface area contributed by atoms with Gasteiger partial charge in [-0.2, -0.15) is 5.10 Å². The van der Waals surface area contributed by atoms with Crippen LogP contribution in [0.3, 0.4) is 0 Å². The van der Waals surface area contributed by atoms with Crippen molar-refractivity contribution in [2.75, 3.05) is 20.1 Å². The van der Waals surface area contributed by atoms with Crippen LogP contribution in [0.5, 0.6) is 0 Å². The lowest BCUT2D eigenvalue weighted by Crippen LogP contribution is -2.30. The lowest BCUT2D eigenvalue weighted by Gasteiger charge is -2.20. The Hall–Kier alpha value is -1.13. The Morgan fingerprint density at radius 3 is 2.87 bits per heavy atom. The van der Waals surface area contributed by atoms with E-state index in [1.165, 1.54) is 0 Å². The van der Waals surface area contributed by atoms with Gasteiger partial charge in [0, 0.05) is 37.9 Å². The summed E-state index contributed by atoms with van der Waals surface area (Å²) < 4.78 is 1.77. The molecule has 0 amide bonds. The Labute approximate surface area is 91.4 Å². The van der Waals surface area contributed by atoms with Crippen LogP contribution in [0, 0.1) is 0 Å². The van der Waals surface area contributed by atoms with Crippen LogP contribution in [0.1, 0.15) is 18.5 Å². The fraction of sp³-hybridized carbons (Fsp3) is 0.545. The van der Waals surface area contributed by atoms with E-state index in [0.29, 0.717) is 0 Å². The van der Waals surface area contributed by atoms with Gasteiger partial charge in [0.25, 0.3) is 0 Å². The summed E-state index contributed by atoms with van der Waals surface area (Å²) in [5.41, 5.74) is 8.28. The second-order valence-corrected chi connectivity index (χ2v) is 4.21. The third kappa shape index (κ3) is 3.85. The minimum Gasteiger partial charge on any atom is -0.323 e. The SMILES string of the molecule is C=C(C)CN(C)CC(N)c1cnn(C)c1. The number of hydrogen-bond donors (Lipinski definition) is 1. The molecule has 0 aliphatic heterocycles. The average molecular weight is 208 g/mol. The molecule has 1 atom stereocenters. The van der Waals surface area contributed by atoms with E-state index in [9.17, 15) is 0 Å². The van der Waals surface area contributed by atoms with E-state index in [0.717, 1.165) is 24.2 Å². The van der Waals surface area contributed by atoms with Gasteiger partial charge in [0.15, 0.2) is 0 Å². The number of hydrogen-bond acceptors (Lipinski definition) is 3. The second kappa shape index (κ2) is 5.09. The summed E-state index contributed by atoms with van der Waals surface area (Å²) in [5.74, 6) is 0. The Morgan fingerprint density at radius 2 is 2.40 bits per heavy atom. The molecule has 1 aromatic heterocycles. The van der Waals surface area contributed by atoms with Gasteiger partial charge in [-0.25, -0.2) is 0 Å². The van der Waals surface area contributed by atoms with Crippen LogP contribution in [-0.2, 0) is 7.05 Å². The highest BCUT2D eigenvalue weighted by molar-refractivity contribution is 5.10. The summed E-state index contributed by atoms with van der Waals surface area (Å²) in [6.07, 6.45) is 3.78. The molecule has 0 spiro atoms. The predicted octanol–water partition coefficient (Wildman–Crippen LogP) is 0.928. The maximum absolute atomic E-state index is 6.06. The second-order valence-electron chi connectivity index (χ2n) is 4.21. The van der Waals surface area contributed by atoms with Crippen LogP contribution in [-0.4, -0.2) is 34.8 Å². The zero-order chi connectivity index (χ0) is 11.4. The molecule has 4 heteroatoms. The fourth-order valence-electron chi connectivity index (χ4n) is 1.60. The third-order valence-electron chi connectivity index (χ3n) is 2.20.